The minimum Gasteiger partial charge on any atom is -0.342 e. The summed E-state index contributed by atoms with van der Waals surface area (Å²) in [6.07, 6.45) is 0.838. The van der Waals surface area contributed by atoms with Crippen LogP contribution in [0.4, 0.5) is 0 Å². The van der Waals surface area contributed by atoms with Crippen molar-refractivity contribution in [1.82, 2.24) is 14.4 Å². The number of hydrogen-bond donors (Lipinski definition) is 0. The first-order valence-corrected chi connectivity index (χ1v) is 9.85. The van der Waals surface area contributed by atoms with Crippen LogP contribution in [-0.4, -0.2) is 39.3 Å². The number of likely N-dealkylation sites (tertiary alicyclic amines) is 1. The fourth-order valence-corrected chi connectivity index (χ4v) is 5.18. The molecule has 1 fully saturated rings. The van der Waals surface area contributed by atoms with Crippen LogP contribution >= 0.6 is 0 Å². The molecule has 144 valence electrons. The van der Waals surface area contributed by atoms with Gasteiger partial charge in [0.2, 0.25) is 11.8 Å². The number of nitrogens with zero attached hydrogens (tertiary/aromatic N) is 3. The van der Waals surface area contributed by atoms with Crippen molar-refractivity contribution in [3.63, 3.8) is 0 Å². The molecule has 1 saturated heterocycles. The number of hydrogen-bond acceptors (Lipinski definition) is 3. The molecule has 2 aromatic rings. The third kappa shape index (κ3) is 2.58. The van der Waals surface area contributed by atoms with Crippen LogP contribution in [0.2, 0.25) is 0 Å². The highest BCUT2D eigenvalue weighted by Crippen LogP contribution is 2.42. The molecule has 3 atom stereocenters. The monoisotopic (exact) mass is 377 g/mol. The first-order valence-electron chi connectivity index (χ1n) is 9.85. The van der Waals surface area contributed by atoms with Crippen LogP contribution in [0.1, 0.15) is 42.1 Å². The SMILES string of the molecule is CC(=O)N1C[C@H]2C[C@@H](C1)[C@H](C(=O)N1Cc3ccccc3C1)n1c2cccc1=O. The van der Waals surface area contributed by atoms with Crippen molar-refractivity contribution in [2.24, 2.45) is 5.92 Å². The van der Waals surface area contributed by atoms with Gasteiger partial charge in [-0.25, -0.2) is 0 Å². The Labute approximate surface area is 163 Å². The number of amides is 2. The van der Waals surface area contributed by atoms with Crippen molar-refractivity contribution >= 4 is 11.8 Å². The summed E-state index contributed by atoms with van der Waals surface area (Å²) in [7, 11) is 0. The summed E-state index contributed by atoms with van der Waals surface area (Å²) >= 11 is 0. The Bertz CT molecular complexity index is 1000. The molecular weight excluding hydrogens is 354 g/mol. The van der Waals surface area contributed by atoms with Gasteiger partial charge in [-0.2, -0.15) is 0 Å². The summed E-state index contributed by atoms with van der Waals surface area (Å²) in [6, 6.07) is 12.8. The quantitative estimate of drug-likeness (QED) is 0.763. The average Bonchev–Trinajstić information content (AvgIpc) is 3.12. The smallest absolute Gasteiger partial charge is 0.251 e. The minimum absolute atomic E-state index is 0.0143. The van der Waals surface area contributed by atoms with Gasteiger partial charge >= 0.3 is 0 Å². The molecule has 3 aliphatic rings. The molecule has 0 aliphatic carbocycles. The third-order valence-electron chi connectivity index (χ3n) is 6.50. The van der Waals surface area contributed by atoms with Crippen molar-refractivity contribution in [3.05, 3.63) is 69.6 Å². The summed E-state index contributed by atoms with van der Waals surface area (Å²) < 4.78 is 1.71. The second-order valence-electron chi connectivity index (χ2n) is 8.18. The third-order valence-corrected chi connectivity index (χ3v) is 6.50. The zero-order chi connectivity index (χ0) is 19.4. The predicted octanol–water partition coefficient (Wildman–Crippen LogP) is 1.90. The van der Waals surface area contributed by atoms with E-state index >= 15 is 0 Å². The van der Waals surface area contributed by atoms with Gasteiger partial charge < -0.3 is 9.80 Å². The molecule has 3 aliphatic heterocycles. The van der Waals surface area contributed by atoms with E-state index in [1.54, 1.807) is 17.6 Å². The Balaban J connectivity index is 1.55. The molecule has 0 unspecified atom stereocenters. The largest absolute Gasteiger partial charge is 0.342 e. The van der Waals surface area contributed by atoms with Gasteiger partial charge in [-0.1, -0.05) is 30.3 Å². The van der Waals surface area contributed by atoms with Gasteiger partial charge in [0.15, 0.2) is 0 Å². The molecule has 5 rings (SSSR count). The maximum absolute atomic E-state index is 13.6. The van der Waals surface area contributed by atoms with Crippen molar-refractivity contribution in [2.75, 3.05) is 13.1 Å². The van der Waals surface area contributed by atoms with E-state index in [1.807, 2.05) is 28.0 Å². The number of fused-ring (bicyclic) bond motifs is 5. The summed E-state index contributed by atoms with van der Waals surface area (Å²) in [6.45, 7) is 3.88. The zero-order valence-electron chi connectivity index (χ0n) is 15.9. The fourth-order valence-electron chi connectivity index (χ4n) is 5.18. The fraction of sp³-hybridized carbons (Fsp3) is 0.409. The molecule has 28 heavy (non-hydrogen) atoms. The van der Waals surface area contributed by atoms with Crippen LogP contribution in [0.3, 0.4) is 0 Å². The van der Waals surface area contributed by atoms with Gasteiger partial charge in [0.05, 0.1) is 0 Å². The maximum atomic E-state index is 13.6. The minimum atomic E-state index is -0.545. The number of carbonyl (C=O) groups excluding carboxylic acids is 2. The highest BCUT2D eigenvalue weighted by Gasteiger charge is 2.45. The van der Waals surface area contributed by atoms with Crippen LogP contribution in [0.15, 0.2) is 47.3 Å². The van der Waals surface area contributed by atoms with E-state index in [2.05, 4.69) is 12.1 Å². The molecule has 6 heteroatoms. The lowest BCUT2D eigenvalue weighted by atomic mass is 9.78. The highest BCUT2D eigenvalue weighted by molar-refractivity contribution is 5.82. The number of pyridine rings is 1. The van der Waals surface area contributed by atoms with E-state index < -0.39 is 6.04 Å². The van der Waals surface area contributed by atoms with Crippen LogP contribution in [-0.2, 0) is 22.7 Å². The first-order chi connectivity index (χ1) is 13.5. The van der Waals surface area contributed by atoms with Crippen molar-refractivity contribution in [2.45, 2.75) is 38.4 Å². The molecule has 1 aromatic carbocycles. The molecular formula is C22H23N3O3. The van der Waals surface area contributed by atoms with E-state index in [0.717, 1.165) is 12.1 Å². The van der Waals surface area contributed by atoms with Crippen molar-refractivity contribution in [1.29, 1.82) is 0 Å². The normalized spacial score (nSPS) is 25.2. The Kier molecular flexibility index (Phi) is 3.89. The Hall–Kier alpha value is -2.89. The van der Waals surface area contributed by atoms with Crippen LogP contribution in [0, 0.1) is 5.92 Å². The first kappa shape index (κ1) is 17.2. The van der Waals surface area contributed by atoms with Gasteiger partial charge in [0.25, 0.3) is 5.56 Å². The molecule has 6 nitrogen and oxygen atoms in total. The van der Waals surface area contributed by atoms with Gasteiger partial charge in [0.1, 0.15) is 6.04 Å². The van der Waals surface area contributed by atoms with Crippen LogP contribution in [0.25, 0.3) is 0 Å². The Morgan fingerprint density at radius 1 is 0.929 bits per heavy atom. The Morgan fingerprint density at radius 2 is 1.64 bits per heavy atom. The van der Waals surface area contributed by atoms with Gasteiger partial charge in [-0.3, -0.25) is 19.0 Å². The zero-order valence-corrected chi connectivity index (χ0v) is 15.9. The number of aromatic nitrogens is 1. The average molecular weight is 377 g/mol. The number of benzene rings is 1. The number of rotatable bonds is 1. The molecule has 0 saturated carbocycles. The molecule has 4 heterocycles. The molecule has 2 amide bonds. The lowest BCUT2D eigenvalue weighted by Gasteiger charge is -2.46. The summed E-state index contributed by atoms with van der Waals surface area (Å²) in [5.41, 5.74) is 3.08. The summed E-state index contributed by atoms with van der Waals surface area (Å²) in [5, 5.41) is 0. The number of piperidine rings is 1. The standard InChI is InChI=1S/C22H23N3O3/c1-14(26)23-12-17-9-18(13-23)21(25-19(17)7-4-8-20(25)27)22(28)24-10-15-5-2-3-6-16(15)11-24/h2-8,17-18,21H,9-13H2,1H3/t17-,18+,21-/m1/s1. The van der Waals surface area contributed by atoms with Crippen LogP contribution < -0.4 is 5.56 Å². The predicted molar refractivity (Wildman–Crippen MR) is 104 cm³/mol. The second-order valence-corrected chi connectivity index (χ2v) is 8.18. The molecule has 2 bridgehead atoms. The number of carbonyl (C=O) groups is 2. The van der Waals surface area contributed by atoms with Crippen LogP contribution in [0.5, 0.6) is 0 Å². The topological polar surface area (TPSA) is 62.6 Å². The van der Waals surface area contributed by atoms with E-state index in [4.69, 9.17) is 0 Å². The second kappa shape index (κ2) is 6.33. The molecule has 0 radical (unpaired) electrons. The van der Waals surface area contributed by atoms with Crippen molar-refractivity contribution in [3.8, 4) is 0 Å². The van der Waals surface area contributed by atoms with Gasteiger partial charge in [-0.05, 0) is 23.6 Å². The summed E-state index contributed by atoms with van der Waals surface area (Å²) in [4.78, 5) is 42.1. The van der Waals surface area contributed by atoms with Crippen molar-refractivity contribution < 1.29 is 9.59 Å². The van der Waals surface area contributed by atoms with E-state index in [9.17, 15) is 14.4 Å². The maximum Gasteiger partial charge on any atom is 0.251 e. The molecule has 0 spiro atoms. The lowest BCUT2D eigenvalue weighted by Crippen LogP contribution is -2.54. The molecule has 1 aromatic heterocycles. The lowest BCUT2D eigenvalue weighted by molar-refractivity contribution is -0.142. The molecule has 0 N–H and O–H groups in total. The summed E-state index contributed by atoms with van der Waals surface area (Å²) in [5.74, 6) is 0.0867. The highest BCUT2D eigenvalue weighted by atomic mass is 16.2. The van der Waals surface area contributed by atoms with E-state index in [1.165, 1.54) is 17.2 Å². The Morgan fingerprint density at radius 3 is 2.32 bits per heavy atom. The van der Waals surface area contributed by atoms with E-state index in [0.29, 0.717) is 26.2 Å². The van der Waals surface area contributed by atoms with E-state index in [-0.39, 0.29) is 29.2 Å². The van der Waals surface area contributed by atoms with Gasteiger partial charge in [0, 0.05) is 56.7 Å². The van der Waals surface area contributed by atoms with Gasteiger partial charge in [-0.15, -0.1) is 0 Å².